The van der Waals surface area contributed by atoms with Crippen molar-refractivity contribution in [1.82, 2.24) is 4.98 Å². The molecule has 4 heteroatoms. The highest BCUT2D eigenvalue weighted by Crippen LogP contribution is 2.33. The van der Waals surface area contributed by atoms with Gasteiger partial charge >= 0.3 is 0 Å². The fourth-order valence-electron chi connectivity index (χ4n) is 1.95. The summed E-state index contributed by atoms with van der Waals surface area (Å²) >= 11 is 1.58. The van der Waals surface area contributed by atoms with Gasteiger partial charge in [-0.05, 0) is 24.3 Å². The second-order valence-electron chi connectivity index (χ2n) is 5.76. The minimum atomic E-state index is 0.0365. The first-order valence-electron chi connectivity index (χ1n) is 6.37. The summed E-state index contributed by atoms with van der Waals surface area (Å²) in [5.41, 5.74) is 2.52. The van der Waals surface area contributed by atoms with Crippen LogP contribution >= 0.6 is 11.3 Å². The predicted octanol–water partition coefficient (Wildman–Crippen LogP) is 4.73. The van der Waals surface area contributed by atoms with Crippen LogP contribution in [0.5, 0.6) is 0 Å². The first kappa shape index (κ1) is 12.9. The maximum absolute atomic E-state index is 8.92. The lowest BCUT2D eigenvalue weighted by Crippen LogP contribution is -2.11. The van der Waals surface area contributed by atoms with Gasteiger partial charge in [-0.3, -0.25) is 0 Å². The molecule has 20 heavy (non-hydrogen) atoms. The van der Waals surface area contributed by atoms with E-state index in [1.165, 1.54) is 0 Å². The van der Waals surface area contributed by atoms with Crippen LogP contribution in [0.25, 0.3) is 21.7 Å². The lowest BCUT2D eigenvalue weighted by atomic mass is 9.93. The van der Waals surface area contributed by atoms with Crippen LogP contribution in [0.15, 0.2) is 34.1 Å². The third-order valence-corrected chi connectivity index (χ3v) is 3.99. The first-order chi connectivity index (χ1) is 9.47. The number of hydrogen-bond donors (Lipinski definition) is 0. The third kappa shape index (κ3) is 2.21. The summed E-state index contributed by atoms with van der Waals surface area (Å²) in [5.74, 6) is 0.760. The monoisotopic (exact) mass is 282 g/mol. The average molecular weight is 282 g/mol. The highest BCUT2D eigenvalue weighted by atomic mass is 32.1. The Morgan fingerprint density at radius 3 is 2.70 bits per heavy atom. The molecule has 0 amide bonds. The minimum absolute atomic E-state index is 0.0365. The lowest BCUT2D eigenvalue weighted by molar-refractivity contribution is 0.571. The van der Waals surface area contributed by atoms with Crippen LogP contribution in [0.4, 0.5) is 0 Å². The van der Waals surface area contributed by atoms with Gasteiger partial charge in [0.05, 0.1) is 17.3 Å². The molecular weight excluding hydrogens is 268 g/mol. The molecule has 0 aliphatic carbocycles. The molecule has 0 unspecified atom stereocenters. The molecule has 100 valence electrons. The second-order valence-corrected chi connectivity index (χ2v) is 6.62. The summed E-state index contributed by atoms with van der Waals surface area (Å²) in [6.45, 7) is 6.43. The molecule has 1 aromatic carbocycles. The van der Waals surface area contributed by atoms with Crippen LogP contribution in [-0.2, 0) is 5.41 Å². The molecule has 2 aromatic heterocycles. The van der Waals surface area contributed by atoms with E-state index in [9.17, 15) is 0 Å². The topological polar surface area (TPSA) is 49.8 Å². The summed E-state index contributed by atoms with van der Waals surface area (Å²) in [6, 6.07) is 9.51. The van der Waals surface area contributed by atoms with Gasteiger partial charge in [0.1, 0.15) is 5.58 Å². The number of benzene rings is 1. The third-order valence-electron chi connectivity index (χ3n) is 3.13. The number of thiazole rings is 1. The van der Waals surface area contributed by atoms with Gasteiger partial charge in [-0.25, -0.2) is 4.98 Å². The Morgan fingerprint density at radius 2 is 2.05 bits per heavy atom. The highest BCUT2D eigenvalue weighted by molar-refractivity contribution is 7.13. The fourth-order valence-corrected chi connectivity index (χ4v) is 2.95. The van der Waals surface area contributed by atoms with E-state index in [2.05, 4.69) is 37.2 Å². The van der Waals surface area contributed by atoms with Crippen LogP contribution in [0.1, 0.15) is 32.0 Å². The van der Waals surface area contributed by atoms with Crippen LogP contribution < -0.4 is 0 Å². The summed E-state index contributed by atoms with van der Waals surface area (Å²) in [6.07, 6.45) is 0. The lowest BCUT2D eigenvalue weighted by Gasteiger charge is -2.13. The van der Waals surface area contributed by atoms with Crippen molar-refractivity contribution < 1.29 is 4.42 Å². The zero-order chi connectivity index (χ0) is 14.3. The largest absolute Gasteiger partial charge is 0.454 e. The van der Waals surface area contributed by atoms with Gasteiger partial charge in [0.25, 0.3) is 0 Å². The molecule has 0 atom stereocenters. The maximum atomic E-state index is 8.92. The molecule has 0 saturated heterocycles. The normalized spacial score (nSPS) is 11.7. The Morgan fingerprint density at radius 1 is 1.25 bits per heavy atom. The van der Waals surface area contributed by atoms with Crippen molar-refractivity contribution in [2.75, 3.05) is 0 Å². The molecule has 3 aromatic rings. The average Bonchev–Trinajstić information content (AvgIpc) is 3.03. The van der Waals surface area contributed by atoms with Gasteiger partial charge in [0.15, 0.2) is 10.8 Å². The van der Waals surface area contributed by atoms with Crippen molar-refractivity contribution in [3.63, 3.8) is 0 Å². The predicted molar refractivity (Wildman–Crippen MR) is 80.7 cm³/mol. The van der Waals surface area contributed by atoms with Gasteiger partial charge in [-0.2, -0.15) is 5.26 Å². The number of fused-ring (bicyclic) bond motifs is 1. The molecular formula is C16H14N2OS. The zero-order valence-electron chi connectivity index (χ0n) is 11.6. The Hall–Kier alpha value is -2.12. The number of furan rings is 1. The van der Waals surface area contributed by atoms with Crippen LogP contribution in [0.2, 0.25) is 0 Å². The van der Waals surface area contributed by atoms with E-state index in [1.807, 2.05) is 18.2 Å². The standard InChI is InChI=1S/C16H14N2OS/c1-16(2,3)14-9-20-15(18-14)13-7-11-6-10(8-17)4-5-12(11)19-13/h4-7,9H,1-3H3. The van der Waals surface area contributed by atoms with Crippen LogP contribution in [-0.4, -0.2) is 4.98 Å². The summed E-state index contributed by atoms with van der Waals surface area (Å²) in [4.78, 5) is 4.65. The highest BCUT2D eigenvalue weighted by Gasteiger charge is 2.19. The van der Waals surface area contributed by atoms with E-state index in [0.717, 1.165) is 27.4 Å². The van der Waals surface area contributed by atoms with Crippen molar-refractivity contribution in [3.8, 4) is 16.8 Å². The number of aromatic nitrogens is 1. The van der Waals surface area contributed by atoms with Gasteiger partial charge in [0, 0.05) is 16.2 Å². The summed E-state index contributed by atoms with van der Waals surface area (Å²) in [7, 11) is 0. The zero-order valence-corrected chi connectivity index (χ0v) is 12.4. The molecule has 0 spiro atoms. The Labute approximate surface area is 121 Å². The molecule has 0 N–H and O–H groups in total. The van der Waals surface area contributed by atoms with Crippen molar-refractivity contribution >= 4 is 22.3 Å². The first-order valence-corrected chi connectivity index (χ1v) is 7.25. The van der Waals surface area contributed by atoms with Crippen LogP contribution in [0.3, 0.4) is 0 Å². The molecule has 0 bridgehead atoms. The van der Waals surface area contributed by atoms with Crippen molar-refractivity contribution in [2.45, 2.75) is 26.2 Å². The molecule has 2 heterocycles. The van der Waals surface area contributed by atoms with Crippen molar-refractivity contribution in [3.05, 3.63) is 40.9 Å². The molecule has 0 radical (unpaired) electrons. The second kappa shape index (κ2) is 4.46. The Balaban J connectivity index is 2.06. The Bertz CT molecular complexity index is 815. The summed E-state index contributed by atoms with van der Waals surface area (Å²) in [5, 5.41) is 12.8. The number of hydrogen-bond acceptors (Lipinski definition) is 4. The fraction of sp³-hybridized carbons (Fsp3) is 0.250. The van der Waals surface area contributed by atoms with Gasteiger partial charge in [-0.15, -0.1) is 11.3 Å². The molecule has 0 saturated carbocycles. The van der Waals surface area contributed by atoms with E-state index in [0.29, 0.717) is 5.56 Å². The Kier molecular flexibility index (Phi) is 2.88. The van der Waals surface area contributed by atoms with Gasteiger partial charge < -0.3 is 4.42 Å². The number of rotatable bonds is 1. The SMILES string of the molecule is CC(C)(C)c1csc(-c2cc3cc(C#N)ccc3o2)n1. The van der Waals surface area contributed by atoms with Crippen molar-refractivity contribution in [1.29, 1.82) is 5.26 Å². The molecule has 0 aliphatic heterocycles. The number of nitriles is 1. The van der Waals surface area contributed by atoms with E-state index >= 15 is 0 Å². The van der Waals surface area contributed by atoms with E-state index in [1.54, 1.807) is 17.4 Å². The maximum Gasteiger partial charge on any atom is 0.164 e. The smallest absolute Gasteiger partial charge is 0.164 e. The minimum Gasteiger partial charge on any atom is -0.454 e. The van der Waals surface area contributed by atoms with Gasteiger partial charge in [0.2, 0.25) is 0 Å². The number of nitrogens with zero attached hydrogens (tertiary/aromatic N) is 2. The van der Waals surface area contributed by atoms with Crippen LogP contribution in [0, 0.1) is 11.3 Å². The van der Waals surface area contributed by atoms with Gasteiger partial charge in [-0.1, -0.05) is 20.8 Å². The summed E-state index contributed by atoms with van der Waals surface area (Å²) < 4.78 is 5.82. The molecule has 0 fully saturated rings. The van der Waals surface area contributed by atoms with E-state index in [-0.39, 0.29) is 5.41 Å². The quantitative estimate of drug-likeness (QED) is 0.648. The molecule has 0 aliphatic rings. The molecule has 3 nitrogen and oxygen atoms in total. The van der Waals surface area contributed by atoms with Crippen molar-refractivity contribution in [2.24, 2.45) is 0 Å². The van der Waals surface area contributed by atoms with E-state index in [4.69, 9.17) is 9.68 Å². The van der Waals surface area contributed by atoms with E-state index < -0.39 is 0 Å². The molecule has 3 rings (SSSR count).